The summed E-state index contributed by atoms with van der Waals surface area (Å²) in [4.78, 5) is 23.1. The fourth-order valence-corrected chi connectivity index (χ4v) is 6.86. The number of hydrogen-bond acceptors (Lipinski definition) is 4. The largest absolute Gasteiger partial charge is 0.460 e. The van der Waals surface area contributed by atoms with Gasteiger partial charge in [-0.3, -0.25) is 14.9 Å². The van der Waals surface area contributed by atoms with E-state index in [4.69, 9.17) is 4.74 Å². The molecule has 2 atom stereocenters. The smallest absolute Gasteiger partial charge is 0.312 e. The number of esters is 1. The highest BCUT2D eigenvalue weighted by Gasteiger charge is 2.60. The van der Waals surface area contributed by atoms with Crippen LogP contribution in [0.3, 0.4) is 0 Å². The summed E-state index contributed by atoms with van der Waals surface area (Å²) in [6.07, 6.45) is 6.41. The van der Waals surface area contributed by atoms with Crippen LogP contribution in [0.5, 0.6) is 0 Å². The maximum atomic E-state index is 12.8. The molecule has 0 spiro atoms. The molecule has 0 radical (unpaired) electrons. The highest BCUT2D eigenvalue weighted by Crippen LogP contribution is 2.64. The molecule has 5 rings (SSSR count). The van der Waals surface area contributed by atoms with E-state index in [-0.39, 0.29) is 28.0 Å². The van der Waals surface area contributed by atoms with Crippen LogP contribution in [0, 0.1) is 27.4 Å². The van der Waals surface area contributed by atoms with Gasteiger partial charge in [-0.2, -0.15) is 0 Å². The van der Waals surface area contributed by atoms with E-state index in [0.717, 1.165) is 24.8 Å². The minimum Gasteiger partial charge on any atom is -0.460 e. The molecule has 2 unspecified atom stereocenters. The average molecular weight is 394 g/mol. The lowest BCUT2D eigenvalue weighted by molar-refractivity contribution is -0.384. The van der Waals surface area contributed by atoms with Crippen molar-refractivity contribution in [1.29, 1.82) is 0 Å². The molecule has 24 heavy (non-hydrogen) atoms. The van der Waals surface area contributed by atoms with Crippen LogP contribution >= 0.6 is 15.9 Å². The maximum absolute atomic E-state index is 12.8. The number of ether oxygens (including phenoxy) is 1. The summed E-state index contributed by atoms with van der Waals surface area (Å²) < 4.78 is 5.76. The molecule has 4 bridgehead atoms. The van der Waals surface area contributed by atoms with Gasteiger partial charge in [0.25, 0.3) is 5.69 Å². The second kappa shape index (κ2) is 5.55. The molecule has 0 N–H and O–H groups in total. The van der Waals surface area contributed by atoms with E-state index in [1.807, 2.05) is 0 Å². The molecule has 4 aliphatic carbocycles. The van der Waals surface area contributed by atoms with Crippen LogP contribution in [0.25, 0.3) is 0 Å². The van der Waals surface area contributed by atoms with E-state index >= 15 is 0 Å². The summed E-state index contributed by atoms with van der Waals surface area (Å²) in [6, 6.07) is 6.19. The second-order valence-electron chi connectivity index (χ2n) is 7.89. The van der Waals surface area contributed by atoms with Gasteiger partial charge in [0.05, 0.1) is 10.3 Å². The third-order valence-electron chi connectivity index (χ3n) is 5.94. The van der Waals surface area contributed by atoms with Gasteiger partial charge in [0.1, 0.15) is 6.61 Å². The van der Waals surface area contributed by atoms with Gasteiger partial charge in [0, 0.05) is 16.5 Å². The number of alkyl halides is 1. The van der Waals surface area contributed by atoms with Gasteiger partial charge in [-0.1, -0.05) is 15.9 Å². The summed E-state index contributed by atoms with van der Waals surface area (Å²) in [5.41, 5.74) is 0.508. The van der Waals surface area contributed by atoms with Crippen molar-refractivity contribution in [3.8, 4) is 0 Å². The van der Waals surface area contributed by atoms with E-state index < -0.39 is 4.92 Å². The quantitative estimate of drug-likeness (QED) is 0.329. The number of non-ortho nitro benzene ring substituents is 1. The molecule has 1 aromatic rings. The monoisotopic (exact) mass is 393 g/mol. The highest BCUT2D eigenvalue weighted by molar-refractivity contribution is 9.10. The molecule has 0 saturated heterocycles. The van der Waals surface area contributed by atoms with E-state index in [2.05, 4.69) is 15.9 Å². The van der Waals surface area contributed by atoms with Gasteiger partial charge in [-0.05, 0) is 68.1 Å². The molecule has 0 aromatic heterocycles. The van der Waals surface area contributed by atoms with Gasteiger partial charge in [-0.15, -0.1) is 0 Å². The molecule has 0 aliphatic heterocycles. The van der Waals surface area contributed by atoms with Crippen LogP contribution < -0.4 is 0 Å². The SMILES string of the molecule is O=C(OCc1ccc([N+](=O)[O-])cc1)C12CC3CC(CC(Br)(C3)C1)C2. The van der Waals surface area contributed by atoms with Crippen molar-refractivity contribution < 1.29 is 14.5 Å². The molecule has 1 aromatic carbocycles. The topological polar surface area (TPSA) is 69.4 Å². The molecule has 0 heterocycles. The van der Waals surface area contributed by atoms with Crippen LogP contribution in [0.4, 0.5) is 5.69 Å². The minimum atomic E-state index is -0.430. The number of rotatable bonds is 4. The first kappa shape index (κ1) is 16.1. The zero-order valence-corrected chi connectivity index (χ0v) is 15.0. The van der Waals surface area contributed by atoms with Gasteiger partial charge < -0.3 is 4.74 Å². The Kier molecular flexibility index (Phi) is 3.71. The number of nitrogens with zero attached hydrogens (tertiary/aromatic N) is 1. The Hall–Kier alpha value is -1.43. The molecule has 4 aliphatic rings. The van der Waals surface area contributed by atoms with Crippen molar-refractivity contribution in [2.75, 3.05) is 0 Å². The molecule has 4 fully saturated rings. The molecule has 0 amide bonds. The van der Waals surface area contributed by atoms with Crippen molar-refractivity contribution in [2.24, 2.45) is 17.3 Å². The van der Waals surface area contributed by atoms with Crippen molar-refractivity contribution in [3.05, 3.63) is 39.9 Å². The molecule has 4 saturated carbocycles. The lowest BCUT2D eigenvalue weighted by Crippen LogP contribution is -2.56. The zero-order chi connectivity index (χ0) is 16.9. The van der Waals surface area contributed by atoms with Crippen LogP contribution in [0.15, 0.2) is 24.3 Å². The molecule has 128 valence electrons. The Morgan fingerprint density at radius 2 is 1.83 bits per heavy atom. The fraction of sp³-hybridized carbons (Fsp3) is 0.611. The molecule has 5 nitrogen and oxygen atoms in total. The van der Waals surface area contributed by atoms with Crippen LogP contribution in [0.1, 0.15) is 44.1 Å². The molecular formula is C18H20BrNO4. The predicted octanol–water partition coefficient (Wildman–Crippen LogP) is 4.37. The Bertz CT molecular complexity index is 673. The first-order valence-corrected chi connectivity index (χ1v) is 9.26. The number of halogens is 1. The number of hydrogen-bond donors (Lipinski definition) is 0. The third-order valence-corrected chi connectivity index (χ3v) is 6.87. The van der Waals surface area contributed by atoms with Crippen molar-refractivity contribution in [3.63, 3.8) is 0 Å². The van der Waals surface area contributed by atoms with Crippen LogP contribution in [-0.4, -0.2) is 15.2 Å². The number of nitro benzene ring substituents is 1. The molecular weight excluding hydrogens is 374 g/mol. The van der Waals surface area contributed by atoms with Gasteiger partial charge in [0.15, 0.2) is 0 Å². The summed E-state index contributed by atoms with van der Waals surface area (Å²) in [5.74, 6) is 1.19. The number of carbonyl (C=O) groups excluding carboxylic acids is 1. The first-order chi connectivity index (χ1) is 11.4. The van der Waals surface area contributed by atoms with E-state index in [1.54, 1.807) is 12.1 Å². The Labute approximate surface area is 149 Å². The average Bonchev–Trinajstić information content (AvgIpc) is 2.50. The predicted molar refractivity (Wildman–Crippen MR) is 91.7 cm³/mol. The number of benzene rings is 1. The van der Waals surface area contributed by atoms with Gasteiger partial charge in [0.2, 0.25) is 0 Å². The molecule has 6 heteroatoms. The summed E-state index contributed by atoms with van der Waals surface area (Å²) in [6.45, 7) is 0.184. The first-order valence-electron chi connectivity index (χ1n) is 8.47. The minimum absolute atomic E-state index is 0.0485. The highest BCUT2D eigenvalue weighted by atomic mass is 79.9. The van der Waals surface area contributed by atoms with Crippen LogP contribution in [-0.2, 0) is 16.1 Å². The van der Waals surface area contributed by atoms with E-state index in [9.17, 15) is 14.9 Å². The third kappa shape index (κ3) is 2.75. The van der Waals surface area contributed by atoms with E-state index in [0.29, 0.717) is 11.8 Å². The lowest BCUT2D eigenvalue weighted by atomic mass is 9.49. The van der Waals surface area contributed by atoms with Crippen molar-refractivity contribution >= 4 is 27.6 Å². The Morgan fingerprint density at radius 1 is 1.21 bits per heavy atom. The standard InChI is InChI=1S/C18H20BrNO4/c19-18-8-13-5-14(9-18)7-17(6-13,11-18)16(21)24-10-12-1-3-15(4-2-12)20(22)23/h1-4,13-14H,5-11H2. The summed E-state index contributed by atoms with van der Waals surface area (Å²) in [7, 11) is 0. The number of nitro groups is 1. The van der Waals surface area contributed by atoms with Gasteiger partial charge >= 0.3 is 5.97 Å². The van der Waals surface area contributed by atoms with Crippen molar-refractivity contribution in [2.45, 2.75) is 49.5 Å². The van der Waals surface area contributed by atoms with Crippen molar-refractivity contribution in [1.82, 2.24) is 0 Å². The summed E-state index contributed by atoms with van der Waals surface area (Å²) in [5, 5.41) is 10.7. The fourth-order valence-electron chi connectivity index (χ4n) is 5.41. The zero-order valence-electron chi connectivity index (χ0n) is 13.4. The van der Waals surface area contributed by atoms with Gasteiger partial charge in [-0.25, -0.2) is 0 Å². The lowest BCUT2D eigenvalue weighted by Gasteiger charge is -2.58. The Morgan fingerprint density at radius 3 is 2.38 bits per heavy atom. The second-order valence-corrected chi connectivity index (χ2v) is 9.57. The van der Waals surface area contributed by atoms with Crippen LogP contribution in [0.2, 0.25) is 0 Å². The normalized spacial score (nSPS) is 36.5. The van der Waals surface area contributed by atoms with E-state index in [1.165, 1.54) is 31.4 Å². The Balaban J connectivity index is 1.44. The maximum Gasteiger partial charge on any atom is 0.312 e. The summed E-state index contributed by atoms with van der Waals surface area (Å²) >= 11 is 3.91. The number of carbonyl (C=O) groups is 1.